The number of benzene rings is 1. The number of rotatable bonds is 3. The van der Waals surface area contributed by atoms with Crippen molar-refractivity contribution in [2.24, 2.45) is 4.99 Å². The third kappa shape index (κ3) is 4.28. The predicted octanol–water partition coefficient (Wildman–Crippen LogP) is 2.58. The van der Waals surface area contributed by atoms with E-state index in [-0.39, 0.29) is 29.8 Å². The number of guanidine groups is 1. The highest BCUT2D eigenvalue weighted by Gasteiger charge is 2.07. The van der Waals surface area contributed by atoms with E-state index in [9.17, 15) is 4.39 Å². The largest absolute Gasteiger partial charge is 0.356 e. The van der Waals surface area contributed by atoms with Gasteiger partial charge in [-0.15, -0.1) is 24.0 Å². The van der Waals surface area contributed by atoms with Crippen molar-refractivity contribution in [2.75, 3.05) is 19.6 Å². The topological polar surface area (TPSA) is 36.4 Å². The van der Waals surface area contributed by atoms with E-state index >= 15 is 0 Å². The van der Waals surface area contributed by atoms with Gasteiger partial charge in [0.1, 0.15) is 5.82 Å². The highest BCUT2D eigenvalue weighted by molar-refractivity contribution is 14.0. The predicted molar refractivity (Wildman–Crippen MR) is 83.5 cm³/mol. The molecule has 0 aliphatic carbocycles. The van der Waals surface area contributed by atoms with Gasteiger partial charge in [-0.3, -0.25) is 4.99 Å². The lowest BCUT2D eigenvalue weighted by molar-refractivity contribution is 0.606. The van der Waals surface area contributed by atoms with E-state index in [1.54, 1.807) is 12.1 Å². The molecule has 0 atom stereocenters. The summed E-state index contributed by atoms with van der Waals surface area (Å²) in [6.07, 6.45) is 1.61. The molecule has 1 aromatic carbocycles. The van der Waals surface area contributed by atoms with E-state index in [1.807, 2.05) is 0 Å². The molecular weight excluding hydrogens is 368 g/mol. The van der Waals surface area contributed by atoms with Crippen LogP contribution in [0.15, 0.2) is 23.2 Å². The van der Waals surface area contributed by atoms with Crippen molar-refractivity contribution in [3.63, 3.8) is 0 Å². The molecule has 3 nitrogen and oxygen atoms in total. The van der Waals surface area contributed by atoms with Crippen LogP contribution in [-0.2, 0) is 6.42 Å². The fourth-order valence-corrected chi connectivity index (χ4v) is 1.99. The molecule has 1 aliphatic heterocycles. The minimum Gasteiger partial charge on any atom is -0.356 e. The lowest BCUT2D eigenvalue weighted by atomic mass is 10.1. The fraction of sp³-hybridized carbons (Fsp3) is 0.417. The van der Waals surface area contributed by atoms with Crippen LogP contribution >= 0.6 is 35.6 Å². The molecular formula is C12H16ClFIN3. The van der Waals surface area contributed by atoms with E-state index in [4.69, 9.17) is 11.6 Å². The molecule has 2 rings (SSSR count). The van der Waals surface area contributed by atoms with Crippen LogP contribution < -0.4 is 10.6 Å². The van der Waals surface area contributed by atoms with Gasteiger partial charge in [0.15, 0.2) is 5.96 Å². The molecule has 0 saturated heterocycles. The van der Waals surface area contributed by atoms with Crippen LogP contribution in [-0.4, -0.2) is 25.6 Å². The summed E-state index contributed by atoms with van der Waals surface area (Å²) in [5.74, 6) is 0.543. The lowest BCUT2D eigenvalue weighted by Gasteiger charge is -2.16. The molecule has 1 heterocycles. The molecule has 2 N–H and O–H groups in total. The van der Waals surface area contributed by atoms with Gasteiger partial charge in [0.2, 0.25) is 0 Å². The van der Waals surface area contributed by atoms with Crippen molar-refractivity contribution in [1.82, 2.24) is 10.6 Å². The first-order chi connectivity index (χ1) is 8.27. The van der Waals surface area contributed by atoms with E-state index in [2.05, 4.69) is 15.6 Å². The second-order valence-electron chi connectivity index (χ2n) is 3.89. The number of nitrogens with zero attached hydrogens (tertiary/aromatic N) is 1. The zero-order valence-corrected chi connectivity index (χ0v) is 13.0. The van der Waals surface area contributed by atoms with Gasteiger partial charge in [0.25, 0.3) is 0 Å². The summed E-state index contributed by atoms with van der Waals surface area (Å²) in [5, 5.41) is 6.76. The Balaban J connectivity index is 0.00000162. The molecule has 0 amide bonds. The van der Waals surface area contributed by atoms with E-state index in [0.29, 0.717) is 23.6 Å². The van der Waals surface area contributed by atoms with Crippen molar-refractivity contribution >= 4 is 41.5 Å². The van der Waals surface area contributed by atoms with Crippen LogP contribution in [0.5, 0.6) is 0 Å². The number of nitrogens with one attached hydrogen (secondary N) is 2. The molecule has 0 fully saturated rings. The average Bonchev–Trinajstić information content (AvgIpc) is 2.34. The molecule has 0 bridgehead atoms. The molecule has 100 valence electrons. The quantitative estimate of drug-likeness (QED) is 0.787. The van der Waals surface area contributed by atoms with E-state index < -0.39 is 0 Å². The Morgan fingerprint density at radius 3 is 2.94 bits per heavy atom. The molecule has 0 spiro atoms. The monoisotopic (exact) mass is 383 g/mol. The second kappa shape index (κ2) is 7.78. The molecule has 6 heteroatoms. The van der Waals surface area contributed by atoms with Gasteiger partial charge in [-0.1, -0.05) is 17.7 Å². The Labute approximate surface area is 128 Å². The first-order valence-corrected chi connectivity index (χ1v) is 6.10. The van der Waals surface area contributed by atoms with Crippen molar-refractivity contribution in [1.29, 1.82) is 0 Å². The minimum atomic E-state index is -0.252. The Bertz CT molecular complexity index is 406. The third-order valence-electron chi connectivity index (χ3n) is 2.63. The number of aliphatic imine (C=N–C) groups is 1. The van der Waals surface area contributed by atoms with Gasteiger partial charge in [-0.2, -0.15) is 0 Å². The Kier molecular flexibility index (Phi) is 6.70. The first kappa shape index (κ1) is 15.5. The molecule has 0 aromatic heterocycles. The number of halogens is 3. The standard InChI is InChI=1S/C12H15ClFN3.HI/c13-10-3-1-4-11(14)9(10)5-8-17-12-15-6-2-7-16-12;/h1,3-4H,2,5-8H2,(H2,15,16,17);1H. The molecule has 18 heavy (non-hydrogen) atoms. The van der Waals surface area contributed by atoms with Crippen LogP contribution in [0.25, 0.3) is 0 Å². The molecule has 1 aliphatic rings. The summed E-state index contributed by atoms with van der Waals surface area (Å²) in [6, 6.07) is 4.75. The van der Waals surface area contributed by atoms with E-state index in [1.165, 1.54) is 6.07 Å². The minimum absolute atomic E-state index is 0. The van der Waals surface area contributed by atoms with E-state index in [0.717, 1.165) is 25.5 Å². The maximum absolute atomic E-state index is 13.5. The average molecular weight is 384 g/mol. The summed E-state index contributed by atoms with van der Waals surface area (Å²) in [5.41, 5.74) is 0.554. The highest BCUT2D eigenvalue weighted by Crippen LogP contribution is 2.18. The van der Waals surface area contributed by atoms with Gasteiger partial charge < -0.3 is 10.6 Å². The summed E-state index contributed by atoms with van der Waals surface area (Å²) in [4.78, 5) is 4.27. The van der Waals surface area contributed by atoms with Gasteiger partial charge in [0.05, 0.1) is 0 Å². The van der Waals surface area contributed by atoms with Crippen molar-refractivity contribution < 1.29 is 4.39 Å². The molecule has 0 saturated carbocycles. The zero-order chi connectivity index (χ0) is 12.1. The summed E-state index contributed by atoms with van der Waals surface area (Å²) >= 11 is 5.94. The second-order valence-corrected chi connectivity index (χ2v) is 4.29. The maximum atomic E-state index is 13.5. The van der Waals surface area contributed by atoms with Crippen LogP contribution in [0.2, 0.25) is 5.02 Å². The Hall–Kier alpha value is -0.560. The number of hydrogen-bond acceptors (Lipinski definition) is 3. The summed E-state index contributed by atoms with van der Waals surface area (Å²) in [7, 11) is 0. The molecule has 0 unspecified atom stereocenters. The smallest absolute Gasteiger partial charge is 0.191 e. The van der Waals surface area contributed by atoms with Crippen molar-refractivity contribution in [3.8, 4) is 0 Å². The summed E-state index contributed by atoms with van der Waals surface area (Å²) in [6.45, 7) is 2.40. The van der Waals surface area contributed by atoms with Gasteiger partial charge >= 0.3 is 0 Å². The van der Waals surface area contributed by atoms with Gasteiger partial charge in [0, 0.05) is 30.2 Å². The van der Waals surface area contributed by atoms with Crippen LogP contribution in [0.4, 0.5) is 4.39 Å². The zero-order valence-electron chi connectivity index (χ0n) is 9.88. The number of hydrogen-bond donors (Lipinski definition) is 2. The lowest BCUT2D eigenvalue weighted by Crippen LogP contribution is -2.41. The normalized spacial score (nSPS) is 14.2. The first-order valence-electron chi connectivity index (χ1n) is 5.72. The van der Waals surface area contributed by atoms with Crippen LogP contribution in [0, 0.1) is 5.82 Å². The molecule has 0 radical (unpaired) electrons. The molecule has 1 aromatic rings. The van der Waals surface area contributed by atoms with Crippen LogP contribution in [0.3, 0.4) is 0 Å². The SMILES string of the molecule is Fc1cccc(Cl)c1CCNC1=NCCCN1.I. The van der Waals surface area contributed by atoms with Gasteiger partial charge in [-0.25, -0.2) is 4.39 Å². The third-order valence-corrected chi connectivity index (χ3v) is 2.98. The van der Waals surface area contributed by atoms with Crippen LogP contribution in [0.1, 0.15) is 12.0 Å². The Morgan fingerprint density at radius 2 is 2.28 bits per heavy atom. The fourth-order valence-electron chi connectivity index (χ4n) is 1.73. The highest BCUT2D eigenvalue weighted by atomic mass is 127. The van der Waals surface area contributed by atoms with Gasteiger partial charge in [-0.05, 0) is 25.0 Å². The van der Waals surface area contributed by atoms with Crippen molar-refractivity contribution in [2.45, 2.75) is 12.8 Å². The maximum Gasteiger partial charge on any atom is 0.191 e. The summed E-state index contributed by atoms with van der Waals surface area (Å²) < 4.78 is 13.5. The Morgan fingerprint density at radius 1 is 1.44 bits per heavy atom. The van der Waals surface area contributed by atoms with Crippen molar-refractivity contribution in [3.05, 3.63) is 34.6 Å².